The van der Waals surface area contributed by atoms with Crippen LogP contribution in [0.25, 0.3) is 5.57 Å². The molecule has 0 saturated heterocycles. The molecule has 0 N–H and O–H groups in total. The van der Waals surface area contributed by atoms with Gasteiger partial charge in [-0.25, -0.2) is 4.98 Å². The molecule has 4 nitrogen and oxygen atoms in total. The number of pyridine rings is 1. The molecule has 0 amide bonds. The largest absolute Gasteiger partial charge is 0.497 e. The molecule has 4 heteroatoms. The van der Waals surface area contributed by atoms with E-state index in [1.165, 1.54) is 0 Å². The summed E-state index contributed by atoms with van der Waals surface area (Å²) >= 11 is 0. The number of ether oxygens (including phenoxy) is 2. The maximum absolute atomic E-state index is 9.02. The molecule has 0 atom stereocenters. The second-order valence-corrected chi connectivity index (χ2v) is 3.14. The van der Waals surface area contributed by atoms with E-state index in [1.54, 1.807) is 31.7 Å². The predicted octanol–water partition coefficient (Wildman–Crippen LogP) is 1.89. The summed E-state index contributed by atoms with van der Waals surface area (Å²) in [7, 11) is 1.57. The van der Waals surface area contributed by atoms with E-state index in [1.807, 2.05) is 6.08 Å². The Morgan fingerprint density at radius 3 is 3.06 bits per heavy atom. The summed E-state index contributed by atoms with van der Waals surface area (Å²) in [6.45, 7) is 0.495. The van der Waals surface area contributed by atoms with Gasteiger partial charge >= 0.3 is 0 Å². The molecule has 0 radical (unpaired) electrons. The molecule has 16 heavy (non-hydrogen) atoms. The molecular formula is C12H10N2O2. The van der Waals surface area contributed by atoms with Crippen molar-refractivity contribution in [1.82, 2.24) is 4.98 Å². The lowest BCUT2D eigenvalue weighted by Gasteiger charge is -2.12. The zero-order valence-corrected chi connectivity index (χ0v) is 8.80. The third-order valence-electron chi connectivity index (χ3n) is 2.27. The number of hydrogen-bond acceptors (Lipinski definition) is 4. The van der Waals surface area contributed by atoms with Crippen molar-refractivity contribution in [3.8, 4) is 11.8 Å². The second-order valence-electron chi connectivity index (χ2n) is 3.14. The van der Waals surface area contributed by atoms with Gasteiger partial charge in [0.1, 0.15) is 18.4 Å². The molecule has 0 aromatic carbocycles. The SMILES string of the molecule is COc1ccnc(C#N)c1C1=CCOC=C1. The van der Waals surface area contributed by atoms with Crippen molar-refractivity contribution in [2.75, 3.05) is 13.7 Å². The van der Waals surface area contributed by atoms with Crippen molar-refractivity contribution >= 4 is 5.57 Å². The van der Waals surface area contributed by atoms with Crippen molar-refractivity contribution in [2.24, 2.45) is 0 Å². The van der Waals surface area contributed by atoms with Gasteiger partial charge in [0.15, 0.2) is 5.69 Å². The van der Waals surface area contributed by atoms with Gasteiger partial charge in [0, 0.05) is 6.20 Å². The first-order chi connectivity index (χ1) is 7.86. The van der Waals surface area contributed by atoms with Gasteiger partial charge in [0.25, 0.3) is 0 Å². The lowest BCUT2D eigenvalue weighted by atomic mass is 10.0. The minimum Gasteiger partial charge on any atom is -0.497 e. The second kappa shape index (κ2) is 4.49. The summed E-state index contributed by atoms with van der Waals surface area (Å²) in [5.74, 6) is 0.643. The van der Waals surface area contributed by atoms with Crippen LogP contribution < -0.4 is 4.74 Å². The Morgan fingerprint density at radius 1 is 1.56 bits per heavy atom. The topological polar surface area (TPSA) is 55.1 Å². The minimum atomic E-state index is 0.358. The number of hydrogen-bond donors (Lipinski definition) is 0. The third-order valence-corrected chi connectivity index (χ3v) is 2.27. The molecule has 2 rings (SSSR count). The molecule has 1 aromatic heterocycles. The highest BCUT2D eigenvalue weighted by molar-refractivity contribution is 5.80. The molecule has 80 valence electrons. The number of allylic oxidation sites excluding steroid dienone is 2. The lowest BCUT2D eigenvalue weighted by molar-refractivity contribution is 0.287. The molecule has 0 fully saturated rings. The first kappa shape index (κ1) is 10.2. The van der Waals surface area contributed by atoms with E-state index >= 15 is 0 Å². The zero-order valence-electron chi connectivity index (χ0n) is 8.80. The van der Waals surface area contributed by atoms with Crippen LogP contribution in [0.4, 0.5) is 0 Å². The van der Waals surface area contributed by atoms with Crippen molar-refractivity contribution in [3.05, 3.63) is 41.9 Å². The van der Waals surface area contributed by atoms with Crippen LogP contribution in [0.5, 0.6) is 5.75 Å². The van der Waals surface area contributed by atoms with Gasteiger partial charge in [-0.3, -0.25) is 0 Å². The quantitative estimate of drug-likeness (QED) is 0.754. The molecule has 2 heterocycles. The van der Waals surface area contributed by atoms with E-state index in [0.29, 0.717) is 23.6 Å². The van der Waals surface area contributed by atoms with Crippen molar-refractivity contribution in [2.45, 2.75) is 0 Å². The van der Waals surface area contributed by atoms with E-state index in [-0.39, 0.29) is 0 Å². The standard InChI is InChI=1S/C12H10N2O2/c1-15-11-2-5-14-10(8-13)12(11)9-3-6-16-7-4-9/h2-6H,7H2,1H3. The predicted molar refractivity (Wildman–Crippen MR) is 58.6 cm³/mol. The number of nitrogens with zero attached hydrogens (tertiary/aromatic N) is 2. The first-order valence-electron chi connectivity index (χ1n) is 4.78. The Hall–Kier alpha value is -2.28. The lowest BCUT2D eigenvalue weighted by Crippen LogP contribution is -2.00. The van der Waals surface area contributed by atoms with Crippen molar-refractivity contribution < 1.29 is 9.47 Å². The Morgan fingerprint density at radius 2 is 2.44 bits per heavy atom. The molecule has 0 spiro atoms. The molecular weight excluding hydrogens is 204 g/mol. The van der Waals surface area contributed by atoms with Crippen LogP contribution >= 0.6 is 0 Å². The monoisotopic (exact) mass is 214 g/mol. The molecule has 0 saturated carbocycles. The number of rotatable bonds is 2. The van der Waals surface area contributed by atoms with E-state index in [9.17, 15) is 0 Å². The van der Waals surface area contributed by atoms with Crippen LogP contribution in [-0.2, 0) is 4.74 Å². The molecule has 1 aliphatic heterocycles. The Bertz CT molecular complexity index is 498. The Labute approximate surface area is 93.4 Å². The average molecular weight is 214 g/mol. The first-order valence-corrected chi connectivity index (χ1v) is 4.78. The summed E-state index contributed by atoms with van der Waals surface area (Å²) in [5.41, 5.74) is 1.97. The summed E-state index contributed by atoms with van der Waals surface area (Å²) in [6.07, 6.45) is 6.84. The molecule has 1 aliphatic rings. The van der Waals surface area contributed by atoms with Crippen LogP contribution in [0.15, 0.2) is 30.7 Å². The third kappa shape index (κ3) is 1.75. The zero-order chi connectivity index (χ0) is 11.4. The van der Waals surface area contributed by atoms with Crippen molar-refractivity contribution in [1.29, 1.82) is 5.26 Å². The van der Waals surface area contributed by atoms with Crippen LogP contribution in [0.1, 0.15) is 11.3 Å². The van der Waals surface area contributed by atoms with Crippen LogP contribution in [-0.4, -0.2) is 18.7 Å². The summed E-state index contributed by atoms with van der Waals surface area (Å²) in [4.78, 5) is 4.02. The van der Waals surface area contributed by atoms with Gasteiger partial charge in [0.2, 0.25) is 0 Å². The van der Waals surface area contributed by atoms with E-state index in [0.717, 1.165) is 5.57 Å². The highest BCUT2D eigenvalue weighted by Crippen LogP contribution is 2.29. The van der Waals surface area contributed by atoms with E-state index in [2.05, 4.69) is 11.1 Å². The maximum Gasteiger partial charge on any atom is 0.151 e. The smallest absolute Gasteiger partial charge is 0.151 e. The minimum absolute atomic E-state index is 0.358. The molecule has 0 unspecified atom stereocenters. The highest BCUT2D eigenvalue weighted by Gasteiger charge is 2.14. The van der Waals surface area contributed by atoms with Gasteiger partial charge < -0.3 is 9.47 Å². The van der Waals surface area contributed by atoms with E-state index < -0.39 is 0 Å². The summed E-state index contributed by atoms with van der Waals surface area (Å²) in [5, 5.41) is 9.02. The van der Waals surface area contributed by atoms with Gasteiger partial charge in [-0.2, -0.15) is 5.26 Å². The fourth-order valence-electron chi connectivity index (χ4n) is 1.55. The average Bonchev–Trinajstić information content (AvgIpc) is 2.38. The molecule has 1 aromatic rings. The van der Waals surface area contributed by atoms with Crippen molar-refractivity contribution in [3.63, 3.8) is 0 Å². The van der Waals surface area contributed by atoms with E-state index in [4.69, 9.17) is 14.7 Å². The summed E-state index contributed by atoms with van der Waals surface area (Å²) in [6, 6.07) is 3.80. The van der Waals surface area contributed by atoms with Crippen LogP contribution in [0, 0.1) is 11.3 Å². The highest BCUT2D eigenvalue weighted by atomic mass is 16.5. The number of methoxy groups -OCH3 is 1. The number of nitriles is 1. The van der Waals surface area contributed by atoms with Gasteiger partial charge in [-0.1, -0.05) is 0 Å². The maximum atomic E-state index is 9.02. The number of aromatic nitrogens is 1. The van der Waals surface area contributed by atoms with Crippen LogP contribution in [0.2, 0.25) is 0 Å². The van der Waals surface area contributed by atoms with Gasteiger partial charge in [-0.15, -0.1) is 0 Å². The normalized spacial score (nSPS) is 13.6. The Balaban J connectivity index is 2.57. The van der Waals surface area contributed by atoms with Gasteiger partial charge in [-0.05, 0) is 23.8 Å². The van der Waals surface area contributed by atoms with Crippen LogP contribution in [0.3, 0.4) is 0 Å². The molecule has 0 aliphatic carbocycles. The summed E-state index contributed by atoms with van der Waals surface area (Å²) < 4.78 is 10.3. The Kier molecular flexibility index (Phi) is 2.88. The van der Waals surface area contributed by atoms with Gasteiger partial charge in [0.05, 0.1) is 18.9 Å². The molecule has 0 bridgehead atoms. The fourth-order valence-corrected chi connectivity index (χ4v) is 1.55. The fraction of sp³-hybridized carbons (Fsp3) is 0.167.